The van der Waals surface area contributed by atoms with Crippen LogP contribution in [0, 0.1) is 0 Å². The molecule has 0 bridgehead atoms. The number of aromatic nitrogens is 1. The number of fused-ring (bicyclic) bond motifs is 3. The summed E-state index contributed by atoms with van der Waals surface area (Å²) < 4.78 is 2.39. The van der Waals surface area contributed by atoms with Gasteiger partial charge >= 0.3 is 0 Å². The van der Waals surface area contributed by atoms with Crippen molar-refractivity contribution in [2.45, 2.75) is 0 Å². The monoisotopic (exact) mass is 505 g/mol. The van der Waals surface area contributed by atoms with Gasteiger partial charge in [-0.3, -0.25) is 0 Å². The van der Waals surface area contributed by atoms with Crippen LogP contribution in [0.1, 0.15) is 0 Å². The minimum atomic E-state index is 0.743. The average Bonchev–Trinajstić information content (AvgIpc) is 3.32. The fourth-order valence-electron chi connectivity index (χ4n) is 5.59. The first-order chi connectivity index (χ1) is 18.8. The smallest absolute Gasteiger partial charge is 0.0541 e. The second-order valence-electron chi connectivity index (χ2n) is 9.50. The molecule has 2 heteroatoms. The molecule has 6 aromatic carbocycles. The summed E-state index contributed by atoms with van der Waals surface area (Å²) >= 11 is 6.93. The van der Waals surface area contributed by atoms with Gasteiger partial charge in [-0.05, 0) is 52.6 Å². The van der Waals surface area contributed by atoms with Crippen molar-refractivity contribution in [3.63, 3.8) is 0 Å². The van der Waals surface area contributed by atoms with E-state index in [1.165, 1.54) is 32.9 Å². The number of rotatable bonds is 4. The highest BCUT2D eigenvalue weighted by Crippen LogP contribution is 2.43. The Labute approximate surface area is 227 Å². The molecule has 0 radical (unpaired) electrons. The normalized spacial score (nSPS) is 11.3. The van der Waals surface area contributed by atoms with E-state index in [2.05, 4.69) is 138 Å². The Kier molecular flexibility index (Phi) is 5.57. The molecule has 0 fully saturated rings. The molecule has 1 heterocycles. The molecule has 0 aliphatic rings. The number of nitrogens with zero attached hydrogens (tertiary/aromatic N) is 1. The van der Waals surface area contributed by atoms with E-state index < -0.39 is 0 Å². The molecule has 0 aliphatic heterocycles. The quantitative estimate of drug-likeness (QED) is 0.224. The maximum Gasteiger partial charge on any atom is 0.0541 e. The first kappa shape index (κ1) is 22.6. The number of benzene rings is 6. The van der Waals surface area contributed by atoms with Gasteiger partial charge in [0.25, 0.3) is 0 Å². The highest BCUT2D eigenvalue weighted by Gasteiger charge is 2.19. The summed E-state index contributed by atoms with van der Waals surface area (Å²) in [5.41, 5.74) is 10.2. The number of halogens is 1. The minimum absolute atomic E-state index is 0.743. The van der Waals surface area contributed by atoms with Crippen LogP contribution in [0.3, 0.4) is 0 Å². The molecule has 0 N–H and O–H groups in total. The molecule has 0 amide bonds. The Hall–Kier alpha value is -4.59. The Morgan fingerprint density at radius 3 is 1.66 bits per heavy atom. The Balaban J connectivity index is 1.60. The Morgan fingerprint density at radius 2 is 1.00 bits per heavy atom. The van der Waals surface area contributed by atoms with E-state index in [1.807, 2.05) is 12.1 Å². The molecule has 0 saturated carbocycles. The van der Waals surface area contributed by atoms with Gasteiger partial charge in [0.15, 0.2) is 0 Å². The maximum absolute atomic E-state index is 6.93. The van der Waals surface area contributed by atoms with E-state index in [9.17, 15) is 0 Å². The SMILES string of the molecule is Clc1cccc(-c2cc(-c3ccccc3)ccc2-n2c3ccccc3c3ccccc32)c1-c1ccccc1. The molecular formula is C36H24ClN. The third kappa shape index (κ3) is 3.72. The third-order valence-corrected chi connectivity index (χ3v) is 7.61. The summed E-state index contributed by atoms with van der Waals surface area (Å²) in [5, 5.41) is 3.23. The number of para-hydroxylation sites is 2. The van der Waals surface area contributed by atoms with Crippen molar-refractivity contribution in [2.24, 2.45) is 0 Å². The fraction of sp³-hybridized carbons (Fsp3) is 0. The summed E-state index contributed by atoms with van der Waals surface area (Å²) in [4.78, 5) is 0. The maximum atomic E-state index is 6.93. The predicted octanol–water partition coefficient (Wildman–Crippen LogP) is 10.4. The van der Waals surface area contributed by atoms with Crippen LogP contribution >= 0.6 is 11.6 Å². The van der Waals surface area contributed by atoms with Crippen molar-refractivity contribution in [1.29, 1.82) is 0 Å². The van der Waals surface area contributed by atoms with Gasteiger partial charge in [-0.1, -0.05) is 127 Å². The molecule has 0 aliphatic carbocycles. The Bertz CT molecular complexity index is 1860. The zero-order chi connectivity index (χ0) is 25.5. The van der Waals surface area contributed by atoms with Gasteiger partial charge in [0.1, 0.15) is 0 Å². The molecule has 38 heavy (non-hydrogen) atoms. The number of hydrogen-bond donors (Lipinski definition) is 0. The molecule has 7 aromatic rings. The molecule has 0 atom stereocenters. The molecular weight excluding hydrogens is 482 g/mol. The first-order valence-electron chi connectivity index (χ1n) is 12.8. The van der Waals surface area contributed by atoms with E-state index in [0.29, 0.717) is 0 Å². The average molecular weight is 506 g/mol. The van der Waals surface area contributed by atoms with E-state index >= 15 is 0 Å². The fourth-order valence-corrected chi connectivity index (χ4v) is 5.87. The van der Waals surface area contributed by atoms with Gasteiger partial charge in [-0.2, -0.15) is 0 Å². The van der Waals surface area contributed by atoms with Crippen molar-refractivity contribution < 1.29 is 0 Å². The van der Waals surface area contributed by atoms with Crippen molar-refractivity contribution in [1.82, 2.24) is 4.57 Å². The van der Waals surface area contributed by atoms with E-state index in [0.717, 1.165) is 33.0 Å². The van der Waals surface area contributed by atoms with Crippen LogP contribution in [0.25, 0.3) is 60.9 Å². The second-order valence-corrected chi connectivity index (χ2v) is 9.90. The summed E-state index contributed by atoms with van der Waals surface area (Å²) in [6.45, 7) is 0. The van der Waals surface area contributed by atoms with E-state index in [-0.39, 0.29) is 0 Å². The third-order valence-electron chi connectivity index (χ3n) is 7.29. The van der Waals surface area contributed by atoms with Gasteiger partial charge in [-0.25, -0.2) is 0 Å². The van der Waals surface area contributed by atoms with Crippen LogP contribution in [-0.2, 0) is 0 Å². The van der Waals surface area contributed by atoms with Crippen molar-refractivity contribution in [3.8, 4) is 39.1 Å². The van der Waals surface area contributed by atoms with Crippen LogP contribution < -0.4 is 0 Å². The molecule has 1 aromatic heterocycles. The number of hydrogen-bond acceptors (Lipinski definition) is 0. The largest absolute Gasteiger partial charge is 0.309 e. The topological polar surface area (TPSA) is 4.93 Å². The van der Waals surface area contributed by atoms with Crippen LogP contribution in [0.2, 0.25) is 5.02 Å². The molecule has 0 saturated heterocycles. The molecule has 7 rings (SSSR count). The van der Waals surface area contributed by atoms with Gasteiger partial charge < -0.3 is 4.57 Å². The first-order valence-corrected chi connectivity index (χ1v) is 13.2. The lowest BCUT2D eigenvalue weighted by molar-refractivity contribution is 1.18. The summed E-state index contributed by atoms with van der Waals surface area (Å²) in [6, 6.07) is 51.3. The minimum Gasteiger partial charge on any atom is -0.309 e. The predicted molar refractivity (Wildman–Crippen MR) is 162 cm³/mol. The van der Waals surface area contributed by atoms with Gasteiger partial charge in [0.2, 0.25) is 0 Å². The van der Waals surface area contributed by atoms with Crippen molar-refractivity contribution >= 4 is 33.4 Å². The molecule has 180 valence electrons. The van der Waals surface area contributed by atoms with E-state index in [4.69, 9.17) is 11.6 Å². The standard InChI is InChI=1S/C36H24ClN/c37-32-19-11-18-30(36(32)26-14-5-2-6-15-26)31-24-27(25-12-3-1-4-13-25)22-23-35(31)38-33-20-9-7-16-28(33)29-17-8-10-21-34(29)38/h1-24H. The van der Waals surface area contributed by atoms with Crippen LogP contribution in [0.4, 0.5) is 0 Å². The Morgan fingerprint density at radius 1 is 0.421 bits per heavy atom. The summed E-state index contributed by atoms with van der Waals surface area (Å²) in [6.07, 6.45) is 0. The summed E-state index contributed by atoms with van der Waals surface area (Å²) in [5.74, 6) is 0. The lowest BCUT2D eigenvalue weighted by atomic mass is 9.91. The highest BCUT2D eigenvalue weighted by molar-refractivity contribution is 6.34. The summed E-state index contributed by atoms with van der Waals surface area (Å²) in [7, 11) is 0. The van der Waals surface area contributed by atoms with Crippen molar-refractivity contribution in [3.05, 3.63) is 151 Å². The lowest BCUT2D eigenvalue weighted by Gasteiger charge is -2.19. The molecule has 0 spiro atoms. The molecule has 0 unspecified atom stereocenters. The zero-order valence-corrected chi connectivity index (χ0v) is 21.4. The lowest BCUT2D eigenvalue weighted by Crippen LogP contribution is -1.99. The van der Waals surface area contributed by atoms with Gasteiger partial charge in [0.05, 0.1) is 16.7 Å². The van der Waals surface area contributed by atoms with Crippen LogP contribution in [-0.4, -0.2) is 4.57 Å². The van der Waals surface area contributed by atoms with Gasteiger partial charge in [0, 0.05) is 26.9 Å². The van der Waals surface area contributed by atoms with Crippen LogP contribution in [0.15, 0.2) is 146 Å². The highest BCUT2D eigenvalue weighted by atomic mass is 35.5. The van der Waals surface area contributed by atoms with Crippen LogP contribution in [0.5, 0.6) is 0 Å². The van der Waals surface area contributed by atoms with Crippen molar-refractivity contribution in [2.75, 3.05) is 0 Å². The second kappa shape index (κ2) is 9.37. The van der Waals surface area contributed by atoms with Gasteiger partial charge in [-0.15, -0.1) is 0 Å². The zero-order valence-electron chi connectivity index (χ0n) is 20.7. The molecule has 1 nitrogen and oxygen atoms in total. The van der Waals surface area contributed by atoms with E-state index in [1.54, 1.807) is 0 Å².